The number of likely N-dealkylation sites (N-methyl/N-ethyl adjacent to an activating group) is 1. The molecular weight excluding hydrogens is 398 g/mol. The summed E-state index contributed by atoms with van der Waals surface area (Å²) in [6, 6.07) is 7.53. The second kappa shape index (κ2) is 8.18. The van der Waals surface area contributed by atoms with Crippen LogP contribution in [0.2, 0.25) is 0 Å². The number of hydrogen-bond donors (Lipinski definition) is 2. The van der Waals surface area contributed by atoms with Gasteiger partial charge in [-0.05, 0) is 70.2 Å². The summed E-state index contributed by atoms with van der Waals surface area (Å²) in [5, 5.41) is 14.7. The number of carbonyl (C=O) groups excluding carboxylic acids is 1. The minimum Gasteiger partial charge on any atom is -0.391 e. The van der Waals surface area contributed by atoms with Crippen LogP contribution in [0.3, 0.4) is 0 Å². The van der Waals surface area contributed by atoms with E-state index < -0.39 is 0 Å². The molecule has 5 rings (SSSR count). The van der Waals surface area contributed by atoms with Crippen LogP contribution in [0.5, 0.6) is 0 Å². The van der Waals surface area contributed by atoms with Gasteiger partial charge in [0.2, 0.25) is 5.91 Å². The molecule has 3 aliphatic rings. The van der Waals surface area contributed by atoms with E-state index in [1.165, 1.54) is 22.0 Å². The van der Waals surface area contributed by atoms with E-state index in [4.69, 9.17) is 0 Å². The average molecular weight is 432 g/mol. The Morgan fingerprint density at radius 3 is 2.77 bits per heavy atom. The molecule has 1 saturated heterocycles. The van der Waals surface area contributed by atoms with Crippen molar-refractivity contribution in [2.45, 2.75) is 76.1 Å². The standard InChI is InChI=1S/C24H33N3O2.ClH/c1-14(2)27-13-15-11-21-18(17-6-4-8-20(27)23(15)17)10-16(12-26(21)3)24(29)25-19-7-5-9-22(19)28;/h4,6,8,13-14,16,18-19,21-22,28H,5,7,9-12H2,1-3H3,(H,25,29);1H/t16-,18+,19?,21+,22?;/m0./s1. The van der Waals surface area contributed by atoms with Crippen LogP contribution >= 0.6 is 12.4 Å². The number of carbonyl (C=O) groups is 1. The van der Waals surface area contributed by atoms with Gasteiger partial charge in [-0.25, -0.2) is 0 Å². The SMILES string of the molecule is CC(C)n1cc2c3c(cccc31)[C@H]1C[C@H](C(=O)NC3CCCC3O)CN(C)[C@@H]1C2.Cl. The fourth-order valence-corrected chi connectivity index (χ4v) is 6.10. The van der Waals surface area contributed by atoms with Crippen LogP contribution in [0, 0.1) is 5.92 Å². The van der Waals surface area contributed by atoms with Gasteiger partial charge >= 0.3 is 0 Å². The van der Waals surface area contributed by atoms with Gasteiger partial charge in [0.05, 0.1) is 18.1 Å². The lowest BCUT2D eigenvalue weighted by Crippen LogP contribution is -2.53. The molecule has 0 radical (unpaired) electrons. The Morgan fingerprint density at radius 2 is 2.07 bits per heavy atom. The van der Waals surface area contributed by atoms with Crippen LogP contribution < -0.4 is 5.32 Å². The summed E-state index contributed by atoms with van der Waals surface area (Å²) in [6.45, 7) is 5.28. The number of aliphatic hydroxyl groups is 1. The van der Waals surface area contributed by atoms with Crippen molar-refractivity contribution in [1.29, 1.82) is 0 Å². The highest BCUT2D eigenvalue weighted by Crippen LogP contribution is 2.45. The van der Waals surface area contributed by atoms with E-state index in [0.717, 1.165) is 38.6 Å². The van der Waals surface area contributed by atoms with Gasteiger partial charge in [-0.3, -0.25) is 4.79 Å². The lowest BCUT2D eigenvalue weighted by Gasteiger charge is -2.45. The topological polar surface area (TPSA) is 57.5 Å². The number of rotatable bonds is 3. The van der Waals surface area contributed by atoms with Crippen molar-refractivity contribution in [2.24, 2.45) is 5.92 Å². The first kappa shape index (κ1) is 21.7. The molecule has 5 nitrogen and oxygen atoms in total. The summed E-state index contributed by atoms with van der Waals surface area (Å²) < 4.78 is 2.40. The van der Waals surface area contributed by atoms with Crippen molar-refractivity contribution in [3.8, 4) is 0 Å². The normalized spacial score (nSPS) is 30.9. The zero-order valence-electron chi connectivity index (χ0n) is 18.2. The molecule has 2 unspecified atom stereocenters. The predicted octanol–water partition coefficient (Wildman–Crippen LogP) is 3.63. The van der Waals surface area contributed by atoms with Crippen LogP contribution in [0.1, 0.15) is 62.6 Å². The Labute approximate surface area is 185 Å². The molecule has 0 spiro atoms. The summed E-state index contributed by atoms with van der Waals surface area (Å²) in [5.41, 5.74) is 4.20. The third-order valence-electron chi connectivity index (χ3n) is 7.61. The van der Waals surface area contributed by atoms with Crippen LogP contribution in [-0.2, 0) is 11.2 Å². The molecule has 164 valence electrons. The highest BCUT2D eigenvalue weighted by Gasteiger charge is 2.42. The number of aromatic nitrogens is 1. The van der Waals surface area contributed by atoms with Gasteiger partial charge in [0, 0.05) is 41.6 Å². The van der Waals surface area contributed by atoms with Gasteiger partial charge in [-0.15, -0.1) is 12.4 Å². The van der Waals surface area contributed by atoms with Gasteiger partial charge in [0.15, 0.2) is 0 Å². The second-order valence-electron chi connectivity index (χ2n) is 9.76. The van der Waals surface area contributed by atoms with Crippen molar-refractivity contribution in [1.82, 2.24) is 14.8 Å². The van der Waals surface area contributed by atoms with E-state index in [-0.39, 0.29) is 36.4 Å². The van der Waals surface area contributed by atoms with Crippen LogP contribution in [0.25, 0.3) is 10.9 Å². The van der Waals surface area contributed by atoms with Crippen molar-refractivity contribution >= 4 is 29.2 Å². The molecule has 2 fully saturated rings. The van der Waals surface area contributed by atoms with Gasteiger partial charge in [-0.1, -0.05) is 12.1 Å². The number of benzene rings is 1. The monoisotopic (exact) mass is 431 g/mol. The number of nitrogens with one attached hydrogen (secondary N) is 1. The van der Waals surface area contributed by atoms with Crippen molar-refractivity contribution in [3.05, 3.63) is 35.5 Å². The molecule has 2 N–H and O–H groups in total. The van der Waals surface area contributed by atoms with Gasteiger partial charge in [0.25, 0.3) is 0 Å². The summed E-state index contributed by atoms with van der Waals surface area (Å²) in [5.74, 6) is 0.495. The van der Waals surface area contributed by atoms with Crippen molar-refractivity contribution in [3.63, 3.8) is 0 Å². The van der Waals surface area contributed by atoms with E-state index in [9.17, 15) is 9.90 Å². The zero-order valence-corrected chi connectivity index (χ0v) is 19.0. The molecule has 1 amide bonds. The van der Waals surface area contributed by atoms with E-state index >= 15 is 0 Å². The molecule has 1 aliphatic heterocycles. The first-order chi connectivity index (χ1) is 13.9. The molecular formula is C24H34ClN3O2. The number of hydrogen-bond acceptors (Lipinski definition) is 3. The van der Waals surface area contributed by atoms with E-state index in [0.29, 0.717) is 18.0 Å². The van der Waals surface area contributed by atoms with E-state index in [2.05, 4.69) is 60.1 Å². The largest absolute Gasteiger partial charge is 0.391 e. The fraction of sp³-hybridized carbons (Fsp3) is 0.625. The summed E-state index contributed by atoms with van der Waals surface area (Å²) in [7, 11) is 2.17. The Bertz CT molecular complexity index is 940. The zero-order chi connectivity index (χ0) is 20.3. The Kier molecular flexibility index (Phi) is 5.90. The quantitative estimate of drug-likeness (QED) is 0.780. The average Bonchev–Trinajstić information content (AvgIpc) is 3.27. The van der Waals surface area contributed by atoms with Crippen molar-refractivity contribution < 1.29 is 9.90 Å². The van der Waals surface area contributed by atoms with Gasteiger partial charge in [-0.2, -0.15) is 0 Å². The number of likely N-dealkylation sites (tertiary alicyclic amines) is 1. The number of piperidine rings is 1. The minimum atomic E-state index is -0.380. The Morgan fingerprint density at radius 1 is 1.27 bits per heavy atom. The van der Waals surface area contributed by atoms with Gasteiger partial charge < -0.3 is 19.9 Å². The van der Waals surface area contributed by atoms with Crippen LogP contribution in [-0.4, -0.2) is 52.3 Å². The summed E-state index contributed by atoms with van der Waals surface area (Å²) >= 11 is 0. The van der Waals surface area contributed by atoms with Crippen LogP contribution in [0.15, 0.2) is 24.4 Å². The minimum absolute atomic E-state index is 0. The number of amides is 1. The third-order valence-corrected chi connectivity index (χ3v) is 7.61. The molecule has 30 heavy (non-hydrogen) atoms. The number of nitrogens with zero attached hydrogens (tertiary/aromatic N) is 2. The molecule has 2 aromatic rings. The highest BCUT2D eigenvalue weighted by atomic mass is 35.5. The molecule has 1 aromatic heterocycles. The molecule has 5 atom stereocenters. The highest BCUT2D eigenvalue weighted by molar-refractivity contribution is 5.89. The lowest BCUT2D eigenvalue weighted by molar-refractivity contribution is -0.128. The third kappa shape index (κ3) is 3.45. The summed E-state index contributed by atoms with van der Waals surface area (Å²) in [4.78, 5) is 15.4. The van der Waals surface area contributed by atoms with Gasteiger partial charge in [0.1, 0.15) is 0 Å². The number of aliphatic hydroxyl groups excluding tert-OH is 1. The molecule has 0 bridgehead atoms. The maximum Gasteiger partial charge on any atom is 0.224 e. The summed E-state index contributed by atoms with van der Waals surface area (Å²) in [6.07, 6.45) is 6.63. The molecule has 1 saturated carbocycles. The fourth-order valence-electron chi connectivity index (χ4n) is 6.10. The second-order valence-corrected chi connectivity index (χ2v) is 9.76. The number of fused-ring (bicyclic) bond motifs is 2. The van der Waals surface area contributed by atoms with Crippen LogP contribution in [0.4, 0.5) is 0 Å². The molecule has 6 heteroatoms. The van der Waals surface area contributed by atoms with E-state index in [1.807, 2.05) is 0 Å². The first-order valence-electron chi connectivity index (χ1n) is 11.2. The Hall–Kier alpha value is -1.56. The lowest BCUT2D eigenvalue weighted by atomic mass is 9.72. The van der Waals surface area contributed by atoms with Crippen molar-refractivity contribution in [2.75, 3.05) is 13.6 Å². The number of halogens is 1. The molecule has 1 aromatic carbocycles. The molecule has 2 heterocycles. The maximum atomic E-state index is 13.0. The Balaban J connectivity index is 0.00000218. The smallest absolute Gasteiger partial charge is 0.224 e. The maximum absolute atomic E-state index is 13.0. The molecule has 2 aliphatic carbocycles. The first-order valence-corrected chi connectivity index (χ1v) is 11.2. The predicted molar refractivity (Wildman–Crippen MR) is 122 cm³/mol. The van der Waals surface area contributed by atoms with E-state index in [1.54, 1.807) is 0 Å².